The third kappa shape index (κ3) is 2.56. The van der Waals surface area contributed by atoms with Gasteiger partial charge in [0.25, 0.3) is 0 Å². The van der Waals surface area contributed by atoms with Gasteiger partial charge in [0.15, 0.2) is 0 Å². The first-order valence-electron chi connectivity index (χ1n) is 4.91. The van der Waals surface area contributed by atoms with Gasteiger partial charge in [0.2, 0.25) is 0 Å². The van der Waals surface area contributed by atoms with Gasteiger partial charge in [-0.15, -0.1) is 0 Å². The van der Waals surface area contributed by atoms with Gasteiger partial charge in [-0.1, -0.05) is 6.92 Å². The number of aryl methyl sites for hydroxylation is 2. The lowest BCUT2D eigenvalue weighted by Gasteiger charge is -2.15. The minimum Gasteiger partial charge on any atom is -0.383 e. The fourth-order valence-electron chi connectivity index (χ4n) is 1.63. The molecule has 0 fully saturated rings. The van der Waals surface area contributed by atoms with Crippen molar-refractivity contribution in [2.24, 2.45) is 7.05 Å². The molecule has 1 heterocycles. The second-order valence-electron chi connectivity index (χ2n) is 3.41. The van der Waals surface area contributed by atoms with Crippen LogP contribution in [-0.2, 0) is 11.8 Å². The summed E-state index contributed by atoms with van der Waals surface area (Å²) < 4.78 is 7.01. The molecule has 1 rings (SSSR count). The van der Waals surface area contributed by atoms with Crippen LogP contribution in [0.2, 0.25) is 0 Å². The van der Waals surface area contributed by atoms with E-state index in [1.165, 1.54) is 5.56 Å². The predicted octanol–water partition coefficient (Wildman–Crippen LogP) is 1.03. The van der Waals surface area contributed by atoms with Crippen LogP contribution in [0.15, 0.2) is 6.20 Å². The maximum absolute atomic E-state index is 5.18. The summed E-state index contributed by atoms with van der Waals surface area (Å²) in [6.45, 7) is 5.73. The zero-order valence-electron chi connectivity index (χ0n) is 9.37. The number of hydrogen-bond donors (Lipinski definition) is 1. The molecule has 0 aliphatic rings. The van der Waals surface area contributed by atoms with Crippen LogP contribution >= 0.6 is 0 Å². The zero-order chi connectivity index (χ0) is 10.6. The average Bonchev–Trinajstić information content (AvgIpc) is 2.45. The molecular formula is C10H19N3O. The van der Waals surface area contributed by atoms with Gasteiger partial charge in [-0.25, -0.2) is 0 Å². The number of nitrogens with zero attached hydrogens (tertiary/aromatic N) is 2. The lowest BCUT2D eigenvalue weighted by Crippen LogP contribution is -2.25. The number of nitrogens with one attached hydrogen (secondary N) is 1. The number of likely N-dealkylation sites (N-methyl/N-ethyl adjacent to an activating group) is 1. The zero-order valence-corrected chi connectivity index (χ0v) is 9.37. The fraction of sp³-hybridized carbons (Fsp3) is 0.700. The van der Waals surface area contributed by atoms with Gasteiger partial charge in [-0.3, -0.25) is 4.68 Å². The summed E-state index contributed by atoms with van der Waals surface area (Å²) in [4.78, 5) is 0. The Morgan fingerprint density at radius 3 is 2.79 bits per heavy atom. The minimum atomic E-state index is 0.249. The monoisotopic (exact) mass is 197 g/mol. The highest BCUT2D eigenvalue weighted by atomic mass is 16.5. The number of hydrogen-bond acceptors (Lipinski definition) is 3. The lowest BCUT2D eigenvalue weighted by atomic mass is 10.1. The first kappa shape index (κ1) is 11.2. The molecule has 0 saturated carbocycles. The number of aromatic nitrogens is 2. The molecule has 1 aromatic heterocycles. The van der Waals surface area contributed by atoms with E-state index in [-0.39, 0.29) is 6.04 Å². The van der Waals surface area contributed by atoms with Crippen molar-refractivity contribution < 1.29 is 4.74 Å². The van der Waals surface area contributed by atoms with Gasteiger partial charge in [0.05, 0.1) is 18.3 Å². The van der Waals surface area contributed by atoms with E-state index in [0.717, 1.165) is 12.2 Å². The molecule has 80 valence electrons. The predicted molar refractivity (Wildman–Crippen MR) is 56.2 cm³/mol. The smallest absolute Gasteiger partial charge is 0.0658 e. The molecule has 0 spiro atoms. The highest BCUT2D eigenvalue weighted by Crippen LogP contribution is 2.16. The van der Waals surface area contributed by atoms with Crippen LogP contribution in [0.25, 0.3) is 0 Å². The molecule has 0 amide bonds. The Morgan fingerprint density at radius 2 is 2.36 bits per heavy atom. The fourth-order valence-corrected chi connectivity index (χ4v) is 1.63. The Hall–Kier alpha value is -0.870. The van der Waals surface area contributed by atoms with Crippen LogP contribution in [0.1, 0.15) is 24.2 Å². The molecule has 4 heteroatoms. The first-order valence-corrected chi connectivity index (χ1v) is 4.91. The molecule has 0 bridgehead atoms. The van der Waals surface area contributed by atoms with Crippen LogP contribution in [0.4, 0.5) is 0 Å². The van der Waals surface area contributed by atoms with Crippen molar-refractivity contribution in [3.05, 3.63) is 17.5 Å². The molecule has 1 N–H and O–H groups in total. The quantitative estimate of drug-likeness (QED) is 0.766. The van der Waals surface area contributed by atoms with Gasteiger partial charge in [-0.05, 0) is 13.5 Å². The van der Waals surface area contributed by atoms with Crippen molar-refractivity contribution in [1.29, 1.82) is 0 Å². The number of methoxy groups -OCH3 is 1. The maximum atomic E-state index is 5.18. The van der Waals surface area contributed by atoms with E-state index in [1.807, 2.05) is 24.9 Å². The standard InChI is InChI=1S/C10H19N3O/c1-5-11-10(7-14-4)9-6-13(3)12-8(9)2/h6,10-11H,5,7H2,1-4H3. The van der Waals surface area contributed by atoms with Crippen molar-refractivity contribution in [3.8, 4) is 0 Å². The Morgan fingerprint density at radius 1 is 1.64 bits per heavy atom. The van der Waals surface area contributed by atoms with Crippen molar-refractivity contribution in [2.75, 3.05) is 20.3 Å². The largest absolute Gasteiger partial charge is 0.383 e. The third-order valence-electron chi connectivity index (χ3n) is 2.21. The Bertz CT molecular complexity index is 277. The SMILES string of the molecule is CCNC(COC)c1cn(C)nc1C. The molecule has 1 atom stereocenters. The molecule has 14 heavy (non-hydrogen) atoms. The molecule has 0 aromatic carbocycles. The van der Waals surface area contributed by atoms with E-state index in [9.17, 15) is 0 Å². The maximum Gasteiger partial charge on any atom is 0.0658 e. The van der Waals surface area contributed by atoms with Crippen molar-refractivity contribution in [2.45, 2.75) is 19.9 Å². The molecule has 1 unspecified atom stereocenters. The van der Waals surface area contributed by atoms with Crippen molar-refractivity contribution >= 4 is 0 Å². The first-order chi connectivity index (χ1) is 6.69. The lowest BCUT2D eigenvalue weighted by molar-refractivity contribution is 0.167. The highest BCUT2D eigenvalue weighted by molar-refractivity contribution is 5.20. The molecule has 0 saturated heterocycles. The van der Waals surface area contributed by atoms with E-state index in [2.05, 4.69) is 17.3 Å². The van der Waals surface area contributed by atoms with Crippen LogP contribution in [0.5, 0.6) is 0 Å². The van der Waals surface area contributed by atoms with E-state index in [1.54, 1.807) is 7.11 Å². The Kier molecular flexibility index (Phi) is 4.10. The van der Waals surface area contributed by atoms with Gasteiger partial charge >= 0.3 is 0 Å². The average molecular weight is 197 g/mol. The van der Waals surface area contributed by atoms with Gasteiger partial charge < -0.3 is 10.1 Å². The molecule has 1 aromatic rings. The number of ether oxygens (including phenoxy) is 1. The molecule has 0 radical (unpaired) electrons. The Balaban J connectivity index is 2.80. The van der Waals surface area contributed by atoms with E-state index in [4.69, 9.17) is 4.74 Å². The van der Waals surface area contributed by atoms with E-state index >= 15 is 0 Å². The van der Waals surface area contributed by atoms with Crippen LogP contribution in [0, 0.1) is 6.92 Å². The van der Waals surface area contributed by atoms with Gasteiger partial charge in [0, 0.05) is 25.9 Å². The third-order valence-corrected chi connectivity index (χ3v) is 2.21. The second kappa shape index (κ2) is 5.12. The van der Waals surface area contributed by atoms with E-state index in [0.29, 0.717) is 6.61 Å². The summed E-state index contributed by atoms with van der Waals surface area (Å²) in [6.07, 6.45) is 2.04. The highest BCUT2D eigenvalue weighted by Gasteiger charge is 2.14. The molecule has 0 aliphatic heterocycles. The summed E-state index contributed by atoms with van der Waals surface area (Å²) in [6, 6.07) is 0.249. The van der Waals surface area contributed by atoms with Crippen molar-refractivity contribution in [3.63, 3.8) is 0 Å². The van der Waals surface area contributed by atoms with Crippen LogP contribution < -0.4 is 5.32 Å². The number of rotatable bonds is 5. The Labute approximate surface area is 85.3 Å². The van der Waals surface area contributed by atoms with Gasteiger partial charge in [0.1, 0.15) is 0 Å². The normalized spacial score (nSPS) is 13.1. The minimum absolute atomic E-state index is 0.249. The molecular weight excluding hydrogens is 178 g/mol. The van der Waals surface area contributed by atoms with E-state index < -0.39 is 0 Å². The van der Waals surface area contributed by atoms with Crippen LogP contribution in [0.3, 0.4) is 0 Å². The van der Waals surface area contributed by atoms with Gasteiger partial charge in [-0.2, -0.15) is 5.10 Å². The van der Waals surface area contributed by atoms with Crippen LogP contribution in [-0.4, -0.2) is 30.0 Å². The summed E-state index contributed by atoms with van der Waals surface area (Å²) in [5.41, 5.74) is 2.28. The summed E-state index contributed by atoms with van der Waals surface area (Å²) >= 11 is 0. The molecule has 0 aliphatic carbocycles. The summed E-state index contributed by atoms with van der Waals surface area (Å²) in [5, 5.41) is 7.69. The molecule has 4 nitrogen and oxygen atoms in total. The second-order valence-corrected chi connectivity index (χ2v) is 3.41. The topological polar surface area (TPSA) is 39.1 Å². The summed E-state index contributed by atoms with van der Waals surface area (Å²) in [5.74, 6) is 0. The summed E-state index contributed by atoms with van der Waals surface area (Å²) in [7, 11) is 3.66. The van der Waals surface area contributed by atoms with Crippen molar-refractivity contribution in [1.82, 2.24) is 15.1 Å².